The largest absolute Gasteiger partial charge is 0.485 e. The molecule has 0 N–H and O–H groups in total. The lowest BCUT2D eigenvalue weighted by Crippen LogP contribution is -2.53. The number of benzene rings is 2. The van der Waals surface area contributed by atoms with Gasteiger partial charge in [0, 0.05) is 37.1 Å². The van der Waals surface area contributed by atoms with Gasteiger partial charge in [0.25, 0.3) is 0 Å². The Hall–Kier alpha value is -3.44. The Kier molecular flexibility index (Phi) is 6.56. The van der Waals surface area contributed by atoms with Crippen molar-refractivity contribution in [3.05, 3.63) is 108 Å². The fraction of sp³-hybridized carbons (Fsp3) is 0.355. The summed E-state index contributed by atoms with van der Waals surface area (Å²) in [4.78, 5) is 2.46. The smallest absolute Gasteiger partial charge is 0.164 e. The summed E-state index contributed by atoms with van der Waals surface area (Å²) in [6.45, 7) is 1.52. The molecule has 0 amide bonds. The van der Waals surface area contributed by atoms with Crippen molar-refractivity contribution in [3.8, 4) is 11.5 Å². The van der Waals surface area contributed by atoms with Gasteiger partial charge in [0.1, 0.15) is 17.6 Å². The summed E-state index contributed by atoms with van der Waals surface area (Å²) in [5.41, 5.74) is 4.37. The Balaban J connectivity index is 1.26. The van der Waals surface area contributed by atoms with Crippen LogP contribution in [0.3, 0.4) is 0 Å². The van der Waals surface area contributed by atoms with Crippen LogP contribution in [-0.2, 0) is 19.5 Å². The van der Waals surface area contributed by atoms with Crippen molar-refractivity contribution in [2.45, 2.75) is 69.9 Å². The number of ether oxygens (including phenoxy) is 2. The molecule has 1 aliphatic carbocycles. The molecule has 5 heteroatoms. The van der Waals surface area contributed by atoms with Crippen LogP contribution >= 0.6 is 0 Å². The van der Waals surface area contributed by atoms with Crippen LogP contribution in [0.5, 0.6) is 11.5 Å². The molecule has 6 rings (SSSR count). The monoisotopic (exact) mass is 483 g/mol. The molecular weight excluding hydrogens is 450 g/mol. The Morgan fingerprint density at radius 3 is 2.22 bits per heavy atom. The van der Waals surface area contributed by atoms with E-state index in [1.54, 1.807) is 12.5 Å². The molecule has 0 spiro atoms. The van der Waals surface area contributed by atoms with E-state index in [1.807, 2.05) is 30.7 Å². The standard InChI is InChI=1S/C31H33NO4/c1-3-7-26(8-4-1)29-11-9-27-19-28(10-12-30(27)35-29)36-31(15-5-2-6-16-31)32(20-24-13-17-33-22-24)21-25-14-18-34-23-25/h1,3-4,7-8,10,12-14,17-19,22-23,29H,2,5-6,9,11,15-16,20-21H2. The van der Waals surface area contributed by atoms with Crippen molar-refractivity contribution < 1.29 is 18.3 Å². The SMILES string of the molecule is c1ccc(C2CCc3cc(OC4(N(Cc5ccoc5)Cc5ccoc5)CCCCC4)ccc3O2)cc1. The third-order valence-corrected chi connectivity index (χ3v) is 7.57. The second-order valence-corrected chi connectivity index (χ2v) is 10.1. The first kappa shape index (κ1) is 23.0. The lowest BCUT2D eigenvalue weighted by molar-refractivity contribution is -0.120. The Morgan fingerprint density at radius 2 is 1.56 bits per heavy atom. The maximum Gasteiger partial charge on any atom is 0.164 e. The van der Waals surface area contributed by atoms with Gasteiger partial charge < -0.3 is 18.3 Å². The third kappa shape index (κ3) is 4.93. The summed E-state index contributed by atoms with van der Waals surface area (Å²) in [6, 6.07) is 20.9. The summed E-state index contributed by atoms with van der Waals surface area (Å²) in [6.07, 6.45) is 14.7. The molecular formula is C31H33NO4. The van der Waals surface area contributed by atoms with E-state index in [2.05, 4.69) is 47.4 Å². The first-order valence-corrected chi connectivity index (χ1v) is 13.1. The van der Waals surface area contributed by atoms with Crippen molar-refractivity contribution in [1.29, 1.82) is 0 Å². The number of hydrogen-bond acceptors (Lipinski definition) is 5. The van der Waals surface area contributed by atoms with E-state index in [0.717, 1.165) is 74.2 Å². The average Bonchev–Trinajstić information content (AvgIpc) is 3.64. The molecule has 36 heavy (non-hydrogen) atoms. The Morgan fingerprint density at radius 1 is 0.833 bits per heavy atom. The van der Waals surface area contributed by atoms with Crippen LogP contribution in [0.25, 0.3) is 0 Å². The van der Waals surface area contributed by atoms with Gasteiger partial charge in [-0.3, -0.25) is 4.90 Å². The number of fused-ring (bicyclic) bond motifs is 1. The molecule has 1 atom stereocenters. The minimum Gasteiger partial charge on any atom is -0.485 e. The summed E-state index contributed by atoms with van der Waals surface area (Å²) in [5.74, 6) is 1.88. The Bertz CT molecular complexity index is 1190. The van der Waals surface area contributed by atoms with E-state index in [0.29, 0.717) is 0 Å². The zero-order chi connectivity index (χ0) is 24.2. The summed E-state index contributed by atoms with van der Waals surface area (Å²) >= 11 is 0. The Labute approximate surface area is 212 Å². The fourth-order valence-electron chi connectivity index (χ4n) is 5.69. The van der Waals surface area contributed by atoms with E-state index in [-0.39, 0.29) is 11.8 Å². The van der Waals surface area contributed by atoms with E-state index >= 15 is 0 Å². The van der Waals surface area contributed by atoms with Crippen LogP contribution < -0.4 is 9.47 Å². The minimum absolute atomic E-state index is 0.107. The zero-order valence-electron chi connectivity index (χ0n) is 20.6. The molecule has 4 aromatic rings. The second kappa shape index (κ2) is 10.3. The number of furan rings is 2. The first-order valence-electron chi connectivity index (χ1n) is 13.1. The van der Waals surface area contributed by atoms with Crippen LogP contribution in [0.1, 0.15) is 66.9 Å². The summed E-state index contributed by atoms with van der Waals surface area (Å²) in [5, 5.41) is 0. The normalized spacial score (nSPS) is 19.0. The number of hydrogen-bond donors (Lipinski definition) is 0. The van der Waals surface area contributed by atoms with Gasteiger partial charge in [-0.2, -0.15) is 0 Å². The van der Waals surface area contributed by atoms with Gasteiger partial charge in [0.05, 0.1) is 25.1 Å². The highest BCUT2D eigenvalue weighted by Crippen LogP contribution is 2.41. The summed E-state index contributed by atoms with van der Waals surface area (Å²) < 4.78 is 24.2. The lowest BCUT2D eigenvalue weighted by Gasteiger charge is -2.46. The molecule has 3 heterocycles. The molecule has 1 fully saturated rings. The van der Waals surface area contributed by atoms with Crippen LogP contribution in [0.2, 0.25) is 0 Å². The molecule has 2 aromatic heterocycles. The molecule has 186 valence electrons. The van der Waals surface area contributed by atoms with Crippen LogP contribution in [0, 0.1) is 0 Å². The van der Waals surface area contributed by atoms with Crippen LogP contribution in [0.4, 0.5) is 0 Å². The fourth-order valence-corrected chi connectivity index (χ4v) is 5.69. The van der Waals surface area contributed by atoms with Crippen LogP contribution in [0.15, 0.2) is 94.6 Å². The molecule has 0 saturated heterocycles. The van der Waals surface area contributed by atoms with Gasteiger partial charge in [-0.25, -0.2) is 0 Å². The number of rotatable bonds is 8. The zero-order valence-corrected chi connectivity index (χ0v) is 20.6. The van der Waals surface area contributed by atoms with E-state index in [9.17, 15) is 0 Å². The van der Waals surface area contributed by atoms with Crippen molar-refractivity contribution in [2.75, 3.05) is 0 Å². The first-order chi connectivity index (χ1) is 17.8. The van der Waals surface area contributed by atoms with Gasteiger partial charge in [-0.1, -0.05) is 36.8 Å². The predicted octanol–water partition coefficient (Wildman–Crippen LogP) is 7.68. The molecule has 0 radical (unpaired) electrons. The number of aryl methyl sites for hydroxylation is 1. The maximum atomic E-state index is 6.99. The van der Waals surface area contributed by atoms with Gasteiger partial charge in [-0.05, 0) is 67.1 Å². The maximum absolute atomic E-state index is 6.99. The minimum atomic E-state index is -0.386. The molecule has 1 aliphatic heterocycles. The van der Waals surface area contributed by atoms with Crippen molar-refractivity contribution in [2.24, 2.45) is 0 Å². The molecule has 2 aliphatic rings. The lowest BCUT2D eigenvalue weighted by atomic mass is 9.89. The van der Waals surface area contributed by atoms with Gasteiger partial charge in [0.2, 0.25) is 0 Å². The number of nitrogens with zero attached hydrogens (tertiary/aromatic N) is 1. The molecule has 1 saturated carbocycles. The molecule has 2 aromatic carbocycles. The van der Waals surface area contributed by atoms with E-state index in [4.69, 9.17) is 18.3 Å². The highest BCUT2D eigenvalue weighted by molar-refractivity contribution is 5.42. The predicted molar refractivity (Wildman–Crippen MR) is 138 cm³/mol. The van der Waals surface area contributed by atoms with Crippen molar-refractivity contribution in [3.63, 3.8) is 0 Å². The van der Waals surface area contributed by atoms with E-state index < -0.39 is 0 Å². The quantitative estimate of drug-likeness (QED) is 0.241. The van der Waals surface area contributed by atoms with Gasteiger partial charge >= 0.3 is 0 Å². The topological polar surface area (TPSA) is 48.0 Å². The molecule has 0 bridgehead atoms. The van der Waals surface area contributed by atoms with Gasteiger partial charge in [-0.15, -0.1) is 0 Å². The highest BCUT2D eigenvalue weighted by atomic mass is 16.5. The average molecular weight is 484 g/mol. The van der Waals surface area contributed by atoms with E-state index in [1.165, 1.54) is 17.5 Å². The van der Waals surface area contributed by atoms with Crippen LogP contribution in [-0.4, -0.2) is 10.6 Å². The molecule has 5 nitrogen and oxygen atoms in total. The second-order valence-electron chi connectivity index (χ2n) is 10.1. The summed E-state index contributed by atoms with van der Waals surface area (Å²) in [7, 11) is 0. The molecule has 1 unspecified atom stereocenters. The van der Waals surface area contributed by atoms with Crippen molar-refractivity contribution in [1.82, 2.24) is 4.90 Å². The van der Waals surface area contributed by atoms with Gasteiger partial charge in [0.15, 0.2) is 5.72 Å². The third-order valence-electron chi connectivity index (χ3n) is 7.57. The highest BCUT2D eigenvalue weighted by Gasteiger charge is 2.41. The van der Waals surface area contributed by atoms with Crippen molar-refractivity contribution >= 4 is 0 Å².